The van der Waals surface area contributed by atoms with Crippen LogP contribution in [0, 0.1) is 6.92 Å². The molecule has 0 amide bonds. The first-order valence-electron chi connectivity index (χ1n) is 5.77. The van der Waals surface area contributed by atoms with E-state index in [1.165, 1.54) is 5.56 Å². The van der Waals surface area contributed by atoms with Gasteiger partial charge in [0.25, 0.3) is 0 Å². The fourth-order valence-electron chi connectivity index (χ4n) is 1.75. The van der Waals surface area contributed by atoms with Gasteiger partial charge in [-0.2, -0.15) is 0 Å². The highest BCUT2D eigenvalue weighted by molar-refractivity contribution is 6.30. The predicted molar refractivity (Wildman–Crippen MR) is 69.6 cm³/mol. The molecule has 1 aliphatic rings. The average Bonchev–Trinajstić information content (AvgIpc) is 2.26. The summed E-state index contributed by atoms with van der Waals surface area (Å²) in [6.45, 7) is 7.17. The molecule has 2 rings (SSSR count). The van der Waals surface area contributed by atoms with Crippen molar-refractivity contribution in [2.24, 2.45) is 0 Å². The number of hydrogen-bond acceptors (Lipinski definition) is 3. The smallest absolute Gasteiger partial charge is 0.162 e. The first-order valence-corrected chi connectivity index (χ1v) is 6.15. The van der Waals surface area contributed by atoms with E-state index in [0.717, 1.165) is 10.7 Å². The van der Waals surface area contributed by atoms with Gasteiger partial charge in [-0.05, 0) is 38.5 Å². The molecule has 1 aromatic carbocycles. The SMILES string of the molecule is Cc1ccc(Cl)cc1NC1COC(C)(C)OC1. The second kappa shape index (κ2) is 4.84. The Morgan fingerprint density at radius 3 is 2.59 bits per heavy atom. The maximum absolute atomic E-state index is 5.98. The third-order valence-corrected chi connectivity index (χ3v) is 3.06. The van der Waals surface area contributed by atoms with E-state index in [4.69, 9.17) is 21.1 Å². The van der Waals surface area contributed by atoms with Crippen molar-refractivity contribution in [3.63, 3.8) is 0 Å². The van der Waals surface area contributed by atoms with Gasteiger partial charge in [-0.15, -0.1) is 0 Å². The summed E-state index contributed by atoms with van der Waals surface area (Å²) in [5, 5.41) is 4.13. The van der Waals surface area contributed by atoms with E-state index in [1.54, 1.807) is 0 Å². The van der Waals surface area contributed by atoms with E-state index in [9.17, 15) is 0 Å². The molecular weight excluding hydrogens is 238 g/mol. The van der Waals surface area contributed by atoms with Crippen LogP contribution in [-0.4, -0.2) is 25.0 Å². The fraction of sp³-hybridized carbons (Fsp3) is 0.538. The molecule has 1 heterocycles. The minimum absolute atomic E-state index is 0.167. The molecule has 1 fully saturated rings. The third kappa shape index (κ3) is 3.35. The number of rotatable bonds is 2. The zero-order valence-electron chi connectivity index (χ0n) is 10.4. The highest BCUT2D eigenvalue weighted by atomic mass is 35.5. The minimum Gasteiger partial charge on any atom is -0.377 e. The molecule has 0 bridgehead atoms. The molecule has 4 heteroatoms. The lowest BCUT2D eigenvalue weighted by Gasteiger charge is -2.35. The Kier molecular flexibility index (Phi) is 3.61. The fourth-order valence-corrected chi connectivity index (χ4v) is 1.92. The van der Waals surface area contributed by atoms with Crippen LogP contribution in [0.2, 0.25) is 5.02 Å². The molecule has 0 aromatic heterocycles. The molecule has 0 radical (unpaired) electrons. The Hall–Kier alpha value is -0.770. The van der Waals surface area contributed by atoms with E-state index in [-0.39, 0.29) is 6.04 Å². The predicted octanol–water partition coefficient (Wildman–Crippen LogP) is 3.21. The summed E-state index contributed by atoms with van der Waals surface area (Å²) in [5.41, 5.74) is 2.20. The molecule has 94 valence electrons. The lowest BCUT2D eigenvalue weighted by molar-refractivity contribution is -0.247. The van der Waals surface area contributed by atoms with Gasteiger partial charge < -0.3 is 14.8 Å². The summed E-state index contributed by atoms with van der Waals surface area (Å²) in [6.07, 6.45) is 0. The molecule has 1 aromatic rings. The second-order valence-corrected chi connectivity index (χ2v) is 5.26. The quantitative estimate of drug-likeness (QED) is 0.880. The molecule has 1 aliphatic heterocycles. The van der Waals surface area contributed by atoms with Gasteiger partial charge in [-0.1, -0.05) is 17.7 Å². The van der Waals surface area contributed by atoms with Gasteiger partial charge in [0, 0.05) is 10.7 Å². The summed E-state index contributed by atoms with van der Waals surface area (Å²) in [4.78, 5) is 0. The molecule has 1 saturated heterocycles. The molecule has 1 N–H and O–H groups in total. The zero-order chi connectivity index (χ0) is 12.5. The molecule has 3 nitrogen and oxygen atoms in total. The third-order valence-electron chi connectivity index (χ3n) is 2.82. The number of benzene rings is 1. The van der Waals surface area contributed by atoms with Gasteiger partial charge in [0.2, 0.25) is 0 Å². The average molecular weight is 256 g/mol. The Bertz CT molecular complexity index is 396. The molecule has 0 spiro atoms. The topological polar surface area (TPSA) is 30.5 Å². The van der Waals surface area contributed by atoms with Crippen molar-refractivity contribution >= 4 is 17.3 Å². The molecular formula is C13H18ClNO2. The van der Waals surface area contributed by atoms with Gasteiger partial charge in [-0.25, -0.2) is 0 Å². The summed E-state index contributed by atoms with van der Waals surface area (Å²) in [7, 11) is 0. The highest BCUT2D eigenvalue weighted by Crippen LogP contribution is 2.23. The van der Waals surface area contributed by atoms with Crippen LogP contribution in [0.1, 0.15) is 19.4 Å². The number of hydrogen-bond donors (Lipinski definition) is 1. The first-order chi connectivity index (χ1) is 7.96. The zero-order valence-corrected chi connectivity index (χ0v) is 11.2. The maximum atomic E-state index is 5.98. The molecule has 0 unspecified atom stereocenters. The van der Waals surface area contributed by atoms with Crippen LogP contribution >= 0.6 is 11.6 Å². The monoisotopic (exact) mass is 255 g/mol. The van der Waals surface area contributed by atoms with E-state index in [2.05, 4.69) is 5.32 Å². The van der Waals surface area contributed by atoms with Crippen LogP contribution in [0.15, 0.2) is 18.2 Å². The Morgan fingerprint density at radius 2 is 1.94 bits per heavy atom. The normalized spacial score (nSPS) is 20.2. The number of nitrogens with one attached hydrogen (secondary N) is 1. The minimum atomic E-state index is -0.471. The lowest BCUT2D eigenvalue weighted by Crippen LogP contribution is -2.45. The van der Waals surface area contributed by atoms with E-state index in [0.29, 0.717) is 13.2 Å². The largest absolute Gasteiger partial charge is 0.377 e. The van der Waals surface area contributed by atoms with Gasteiger partial charge >= 0.3 is 0 Å². The number of aryl methyl sites for hydroxylation is 1. The number of anilines is 1. The molecule has 0 aliphatic carbocycles. The van der Waals surface area contributed by atoms with Crippen LogP contribution in [-0.2, 0) is 9.47 Å². The summed E-state index contributed by atoms with van der Waals surface area (Å²) in [6, 6.07) is 5.98. The number of halogens is 1. The van der Waals surface area contributed by atoms with Gasteiger partial charge in [0.05, 0.1) is 19.3 Å². The Balaban J connectivity index is 2.00. The summed E-state index contributed by atoms with van der Waals surface area (Å²) >= 11 is 5.98. The van der Waals surface area contributed by atoms with Crippen molar-refractivity contribution in [1.82, 2.24) is 0 Å². The van der Waals surface area contributed by atoms with Crippen molar-refractivity contribution < 1.29 is 9.47 Å². The van der Waals surface area contributed by atoms with Gasteiger partial charge in [0.15, 0.2) is 5.79 Å². The Morgan fingerprint density at radius 1 is 1.29 bits per heavy atom. The molecule has 0 saturated carbocycles. The maximum Gasteiger partial charge on any atom is 0.162 e. The van der Waals surface area contributed by atoms with Crippen molar-refractivity contribution in [3.8, 4) is 0 Å². The van der Waals surface area contributed by atoms with Crippen molar-refractivity contribution in [3.05, 3.63) is 28.8 Å². The van der Waals surface area contributed by atoms with Crippen molar-refractivity contribution in [1.29, 1.82) is 0 Å². The first kappa shape index (κ1) is 12.7. The van der Waals surface area contributed by atoms with Crippen LogP contribution in [0.3, 0.4) is 0 Å². The van der Waals surface area contributed by atoms with E-state index >= 15 is 0 Å². The molecule has 17 heavy (non-hydrogen) atoms. The summed E-state index contributed by atoms with van der Waals surface area (Å²) in [5.74, 6) is -0.471. The summed E-state index contributed by atoms with van der Waals surface area (Å²) < 4.78 is 11.2. The Labute approximate surface area is 107 Å². The second-order valence-electron chi connectivity index (χ2n) is 4.82. The van der Waals surface area contributed by atoms with Gasteiger partial charge in [-0.3, -0.25) is 0 Å². The van der Waals surface area contributed by atoms with E-state index < -0.39 is 5.79 Å². The molecule has 0 atom stereocenters. The van der Waals surface area contributed by atoms with Crippen molar-refractivity contribution in [2.45, 2.75) is 32.6 Å². The van der Waals surface area contributed by atoms with Crippen molar-refractivity contribution in [2.75, 3.05) is 18.5 Å². The highest BCUT2D eigenvalue weighted by Gasteiger charge is 2.28. The number of ether oxygens (including phenoxy) is 2. The van der Waals surface area contributed by atoms with Gasteiger partial charge in [0.1, 0.15) is 0 Å². The van der Waals surface area contributed by atoms with E-state index in [1.807, 2.05) is 39.0 Å². The van der Waals surface area contributed by atoms with Crippen LogP contribution in [0.4, 0.5) is 5.69 Å². The van der Waals surface area contributed by atoms with Crippen LogP contribution < -0.4 is 5.32 Å². The lowest BCUT2D eigenvalue weighted by atomic mass is 10.1. The van der Waals surface area contributed by atoms with Crippen LogP contribution in [0.5, 0.6) is 0 Å². The standard InChI is InChI=1S/C13H18ClNO2/c1-9-4-5-10(14)6-12(9)15-11-7-16-13(2,3)17-8-11/h4-6,11,15H,7-8H2,1-3H3. The van der Waals surface area contributed by atoms with Crippen LogP contribution in [0.25, 0.3) is 0 Å².